The lowest BCUT2D eigenvalue weighted by Crippen LogP contribution is -2.38. The Labute approximate surface area is 118 Å². The molecular formula is C14H20N2O2S. The molecule has 2 rings (SSSR count). The number of aromatic nitrogens is 1. The van der Waals surface area contributed by atoms with Crippen molar-refractivity contribution in [2.75, 3.05) is 13.1 Å². The summed E-state index contributed by atoms with van der Waals surface area (Å²) in [6.07, 6.45) is 6.08. The fourth-order valence-corrected chi connectivity index (χ4v) is 3.22. The summed E-state index contributed by atoms with van der Waals surface area (Å²) in [6, 6.07) is 5.27. The Kier molecular flexibility index (Phi) is 5.07. The molecule has 1 atom stereocenters. The summed E-state index contributed by atoms with van der Waals surface area (Å²) in [4.78, 5) is 14.3. The maximum absolute atomic E-state index is 12.4. The average molecular weight is 280 g/mol. The molecule has 0 saturated carbocycles. The summed E-state index contributed by atoms with van der Waals surface area (Å²) < 4.78 is 0.816. The summed E-state index contributed by atoms with van der Waals surface area (Å²) >= 11 is 1.34. The quantitative estimate of drug-likeness (QED) is 0.484. The Morgan fingerprint density at radius 3 is 2.63 bits per heavy atom. The zero-order valence-electron chi connectivity index (χ0n) is 11.2. The molecule has 0 bridgehead atoms. The summed E-state index contributed by atoms with van der Waals surface area (Å²) in [7, 11) is 0. The lowest BCUT2D eigenvalue weighted by Gasteiger charge is -2.23. The number of rotatable bonds is 3. The van der Waals surface area contributed by atoms with E-state index in [4.69, 9.17) is 0 Å². The van der Waals surface area contributed by atoms with Crippen LogP contribution in [-0.4, -0.2) is 29.1 Å². The molecule has 0 radical (unpaired) electrons. The maximum Gasteiger partial charge on any atom is 0.252 e. The first-order valence-electron chi connectivity index (χ1n) is 6.82. The van der Waals surface area contributed by atoms with Gasteiger partial charge in [0.15, 0.2) is 6.20 Å². The summed E-state index contributed by atoms with van der Waals surface area (Å²) in [5.74, 6) is 0.149. The van der Waals surface area contributed by atoms with Gasteiger partial charge in [0, 0.05) is 25.2 Å². The van der Waals surface area contributed by atoms with Crippen LogP contribution in [0.4, 0.5) is 0 Å². The van der Waals surface area contributed by atoms with E-state index in [0.29, 0.717) is 5.03 Å². The Morgan fingerprint density at radius 1 is 1.32 bits per heavy atom. The van der Waals surface area contributed by atoms with Crippen LogP contribution in [0, 0.1) is 5.21 Å². The van der Waals surface area contributed by atoms with Gasteiger partial charge in [0.05, 0.1) is 5.25 Å². The van der Waals surface area contributed by atoms with Crippen LogP contribution in [-0.2, 0) is 4.79 Å². The lowest BCUT2D eigenvalue weighted by atomic mass is 10.2. The lowest BCUT2D eigenvalue weighted by molar-refractivity contribution is -0.645. The van der Waals surface area contributed by atoms with Gasteiger partial charge >= 0.3 is 0 Å². The van der Waals surface area contributed by atoms with Crippen molar-refractivity contribution in [2.45, 2.75) is 42.9 Å². The molecule has 1 aromatic rings. The minimum Gasteiger partial charge on any atom is -0.618 e. The van der Waals surface area contributed by atoms with Crippen LogP contribution in [0.3, 0.4) is 0 Å². The predicted molar refractivity (Wildman–Crippen MR) is 75.8 cm³/mol. The first-order chi connectivity index (χ1) is 9.18. The molecular weight excluding hydrogens is 260 g/mol. The van der Waals surface area contributed by atoms with E-state index in [1.165, 1.54) is 30.8 Å². The highest BCUT2D eigenvalue weighted by atomic mass is 32.2. The van der Waals surface area contributed by atoms with Crippen molar-refractivity contribution < 1.29 is 9.52 Å². The Morgan fingerprint density at radius 2 is 2.00 bits per heavy atom. The molecule has 0 spiro atoms. The van der Waals surface area contributed by atoms with Gasteiger partial charge < -0.3 is 10.1 Å². The fraction of sp³-hybridized carbons (Fsp3) is 0.571. The molecule has 4 nitrogen and oxygen atoms in total. The second-order valence-electron chi connectivity index (χ2n) is 4.86. The smallest absolute Gasteiger partial charge is 0.252 e. The van der Waals surface area contributed by atoms with Gasteiger partial charge in [0.1, 0.15) is 0 Å². The van der Waals surface area contributed by atoms with Crippen LogP contribution in [0.5, 0.6) is 0 Å². The highest BCUT2D eigenvalue weighted by molar-refractivity contribution is 8.00. The Balaban J connectivity index is 1.97. The molecule has 0 N–H and O–H groups in total. The standard InChI is InChI=1S/C14H20N2O2S/c1-12(19-13-8-4-7-11-16(13)18)14(17)15-9-5-2-3-6-10-15/h4,7-8,11-12H,2-3,5-6,9-10H2,1H3. The number of likely N-dealkylation sites (tertiary alicyclic amines) is 1. The second-order valence-corrected chi connectivity index (χ2v) is 6.23. The van der Waals surface area contributed by atoms with Crippen molar-refractivity contribution >= 4 is 17.7 Å². The van der Waals surface area contributed by atoms with Gasteiger partial charge in [-0.15, -0.1) is 0 Å². The summed E-state index contributed by atoms with van der Waals surface area (Å²) in [5.41, 5.74) is 0. The van der Waals surface area contributed by atoms with Crippen LogP contribution >= 0.6 is 11.8 Å². The van der Waals surface area contributed by atoms with Gasteiger partial charge in [-0.3, -0.25) is 4.79 Å². The number of hydrogen-bond donors (Lipinski definition) is 0. The number of carbonyl (C=O) groups excluding carboxylic acids is 1. The zero-order chi connectivity index (χ0) is 13.7. The van der Waals surface area contributed by atoms with E-state index >= 15 is 0 Å². The highest BCUT2D eigenvalue weighted by Crippen LogP contribution is 2.22. The van der Waals surface area contributed by atoms with Gasteiger partial charge in [-0.2, -0.15) is 4.73 Å². The van der Waals surface area contributed by atoms with E-state index < -0.39 is 0 Å². The minimum absolute atomic E-state index is 0.149. The Bertz CT molecular complexity index is 431. The number of amides is 1. The SMILES string of the molecule is CC(Sc1cccc[n+]1[O-])C(=O)N1CCCCCC1. The largest absolute Gasteiger partial charge is 0.618 e. The van der Waals surface area contributed by atoms with Gasteiger partial charge in [-0.25, -0.2) is 0 Å². The first-order valence-corrected chi connectivity index (χ1v) is 7.70. The van der Waals surface area contributed by atoms with E-state index in [1.54, 1.807) is 12.1 Å². The third-order valence-electron chi connectivity index (χ3n) is 3.35. The van der Waals surface area contributed by atoms with E-state index in [0.717, 1.165) is 30.7 Å². The molecule has 0 aromatic carbocycles. The molecule has 2 heterocycles. The molecule has 1 aromatic heterocycles. The predicted octanol–water partition coefficient (Wildman–Crippen LogP) is 2.20. The normalized spacial score (nSPS) is 17.8. The third kappa shape index (κ3) is 3.86. The molecule has 1 saturated heterocycles. The van der Waals surface area contributed by atoms with Crippen molar-refractivity contribution in [1.82, 2.24) is 4.90 Å². The van der Waals surface area contributed by atoms with Crippen molar-refractivity contribution in [1.29, 1.82) is 0 Å². The molecule has 1 aliphatic rings. The summed E-state index contributed by atoms with van der Waals surface area (Å²) in [5, 5.41) is 12.0. The van der Waals surface area contributed by atoms with Crippen molar-refractivity contribution in [2.24, 2.45) is 0 Å². The van der Waals surface area contributed by atoms with E-state index in [1.807, 2.05) is 17.9 Å². The molecule has 1 aliphatic heterocycles. The molecule has 1 amide bonds. The average Bonchev–Trinajstić information content (AvgIpc) is 2.69. The maximum atomic E-state index is 12.4. The number of nitrogens with zero attached hydrogens (tertiary/aromatic N) is 2. The number of carbonyl (C=O) groups is 1. The monoisotopic (exact) mass is 280 g/mol. The minimum atomic E-state index is -0.208. The summed E-state index contributed by atoms with van der Waals surface area (Å²) in [6.45, 7) is 3.59. The van der Waals surface area contributed by atoms with Crippen molar-refractivity contribution in [3.8, 4) is 0 Å². The molecule has 1 fully saturated rings. The van der Waals surface area contributed by atoms with E-state index in [9.17, 15) is 10.0 Å². The fourth-order valence-electron chi connectivity index (χ4n) is 2.28. The van der Waals surface area contributed by atoms with E-state index in [2.05, 4.69) is 0 Å². The van der Waals surface area contributed by atoms with Gasteiger partial charge in [0.2, 0.25) is 5.91 Å². The van der Waals surface area contributed by atoms with Crippen LogP contribution in [0.2, 0.25) is 0 Å². The number of hydrogen-bond acceptors (Lipinski definition) is 3. The van der Waals surface area contributed by atoms with Gasteiger partial charge in [-0.1, -0.05) is 12.8 Å². The number of pyridine rings is 1. The molecule has 5 heteroatoms. The highest BCUT2D eigenvalue weighted by Gasteiger charge is 2.24. The third-order valence-corrected chi connectivity index (χ3v) is 4.46. The Hall–Kier alpha value is -1.23. The van der Waals surface area contributed by atoms with Crippen LogP contribution < -0.4 is 4.73 Å². The van der Waals surface area contributed by atoms with Crippen LogP contribution in [0.1, 0.15) is 32.6 Å². The molecule has 1 unspecified atom stereocenters. The molecule has 0 aliphatic carbocycles. The number of thioether (sulfide) groups is 1. The first kappa shape index (κ1) is 14.2. The van der Waals surface area contributed by atoms with E-state index in [-0.39, 0.29) is 11.2 Å². The van der Waals surface area contributed by atoms with Crippen molar-refractivity contribution in [3.05, 3.63) is 29.6 Å². The van der Waals surface area contributed by atoms with Gasteiger partial charge in [0.25, 0.3) is 5.03 Å². The molecule has 19 heavy (non-hydrogen) atoms. The second kappa shape index (κ2) is 6.80. The van der Waals surface area contributed by atoms with Crippen LogP contribution in [0.25, 0.3) is 0 Å². The topological polar surface area (TPSA) is 47.2 Å². The van der Waals surface area contributed by atoms with Crippen molar-refractivity contribution in [3.63, 3.8) is 0 Å². The van der Waals surface area contributed by atoms with Gasteiger partial charge in [-0.05, 0) is 37.6 Å². The van der Waals surface area contributed by atoms with Crippen LogP contribution in [0.15, 0.2) is 29.4 Å². The zero-order valence-corrected chi connectivity index (χ0v) is 12.1. The molecule has 104 valence electrons.